The number of nitrogen functional groups attached to an aromatic ring is 1. The number of halogens is 3. The largest absolute Gasteiger partial charge is 0.421 e. The number of alkyl halides is 3. The molecule has 0 unspecified atom stereocenters. The first-order valence-electron chi connectivity index (χ1n) is 5.76. The second-order valence-electron chi connectivity index (χ2n) is 4.36. The number of rotatable bonds is 2. The minimum atomic E-state index is -4.53. The molecule has 0 spiro atoms. The van der Waals surface area contributed by atoms with Gasteiger partial charge in [-0.3, -0.25) is 0 Å². The summed E-state index contributed by atoms with van der Waals surface area (Å²) in [5.74, 6) is 4.95. The Morgan fingerprint density at radius 3 is 2.42 bits per heavy atom. The Labute approximate surface area is 108 Å². The van der Waals surface area contributed by atoms with Crippen LogP contribution in [0.25, 0.3) is 0 Å². The number of aromatic nitrogens is 2. The lowest BCUT2D eigenvalue weighted by Crippen LogP contribution is -2.45. The molecule has 0 aromatic carbocycles. The second kappa shape index (κ2) is 5.17. The molecular weight excluding hydrogens is 261 g/mol. The van der Waals surface area contributed by atoms with E-state index in [9.17, 15) is 13.2 Å². The zero-order valence-electron chi connectivity index (χ0n) is 10.4. The van der Waals surface area contributed by atoms with Crippen molar-refractivity contribution in [2.45, 2.75) is 6.18 Å². The first-order chi connectivity index (χ1) is 8.91. The molecule has 1 fully saturated rings. The van der Waals surface area contributed by atoms with Crippen LogP contribution < -0.4 is 16.2 Å². The van der Waals surface area contributed by atoms with Gasteiger partial charge < -0.3 is 15.2 Å². The van der Waals surface area contributed by atoms with E-state index in [1.807, 2.05) is 17.4 Å². The number of hydrogen-bond acceptors (Lipinski definition) is 6. The SMILES string of the molecule is CN1CCN(c2ncc(C(F)(F)F)c(NN)n2)CC1. The Morgan fingerprint density at radius 1 is 1.26 bits per heavy atom. The van der Waals surface area contributed by atoms with E-state index in [4.69, 9.17) is 5.84 Å². The third-order valence-corrected chi connectivity index (χ3v) is 3.00. The summed E-state index contributed by atoms with van der Waals surface area (Å²) in [5.41, 5.74) is 1.02. The van der Waals surface area contributed by atoms with Gasteiger partial charge in [-0.05, 0) is 7.05 Å². The molecule has 0 bridgehead atoms. The molecule has 1 aliphatic heterocycles. The Balaban J connectivity index is 2.24. The van der Waals surface area contributed by atoms with E-state index in [0.29, 0.717) is 13.1 Å². The molecule has 0 aliphatic carbocycles. The van der Waals surface area contributed by atoms with Gasteiger partial charge in [0.05, 0.1) is 0 Å². The van der Waals surface area contributed by atoms with Crippen LogP contribution in [-0.2, 0) is 6.18 Å². The molecule has 0 atom stereocenters. The number of nitrogens with one attached hydrogen (secondary N) is 1. The van der Waals surface area contributed by atoms with Crippen LogP contribution in [0.5, 0.6) is 0 Å². The van der Waals surface area contributed by atoms with Crippen LogP contribution in [0.15, 0.2) is 6.20 Å². The van der Waals surface area contributed by atoms with Crippen molar-refractivity contribution in [1.29, 1.82) is 0 Å². The van der Waals surface area contributed by atoms with E-state index in [2.05, 4.69) is 14.9 Å². The summed E-state index contributed by atoms with van der Waals surface area (Å²) < 4.78 is 38.0. The molecular formula is C10H15F3N6. The van der Waals surface area contributed by atoms with Gasteiger partial charge in [-0.1, -0.05) is 0 Å². The minimum Gasteiger partial charge on any atom is -0.338 e. The van der Waals surface area contributed by atoms with E-state index < -0.39 is 17.6 Å². The average molecular weight is 276 g/mol. The molecule has 6 nitrogen and oxygen atoms in total. The highest BCUT2D eigenvalue weighted by atomic mass is 19.4. The zero-order chi connectivity index (χ0) is 14.0. The van der Waals surface area contributed by atoms with Crippen LogP contribution in [0.1, 0.15) is 5.56 Å². The number of hydrazine groups is 1. The fraction of sp³-hybridized carbons (Fsp3) is 0.600. The Morgan fingerprint density at radius 2 is 1.89 bits per heavy atom. The third kappa shape index (κ3) is 3.04. The number of nitrogens with zero attached hydrogens (tertiary/aromatic N) is 4. The van der Waals surface area contributed by atoms with Gasteiger partial charge in [0.25, 0.3) is 0 Å². The first-order valence-corrected chi connectivity index (χ1v) is 5.76. The van der Waals surface area contributed by atoms with Crippen LogP contribution in [0, 0.1) is 0 Å². The summed E-state index contributed by atoms with van der Waals surface area (Å²) in [4.78, 5) is 11.6. The Kier molecular flexibility index (Phi) is 3.76. The van der Waals surface area contributed by atoms with Gasteiger partial charge in [-0.15, -0.1) is 0 Å². The Hall–Kier alpha value is -1.61. The predicted molar refractivity (Wildman–Crippen MR) is 64.6 cm³/mol. The van der Waals surface area contributed by atoms with Gasteiger partial charge in [-0.2, -0.15) is 18.2 Å². The number of nitrogens with two attached hydrogens (primary N) is 1. The fourth-order valence-electron chi connectivity index (χ4n) is 1.85. The molecule has 1 saturated heterocycles. The maximum atomic E-state index is 12.7. The first kappa shape index (κ1) is 13.8. The van der Waals surface area contributed by atoms with E-state index >= 15 is 0 Å². The fourth-order valence-corrected chi connectivity index (χ4v) is 1.85. The van der Waals surface area contributed by atoms with Crippen molar-refractivity contribution >= 4 is 11.8 Å². The molecule has 1 aromatic rings. The van der Waals surface area contributed by atoms with Crippen LogP contribution in [0.3, 0.4) is 0 Å². The van der Waals surface area contributed by atoms with Crippen molar-refractivity contribution in [2.75, 3.05) is 43.6 Å². The summed E-state index contributed by atoms with van der Waals surface area (Å²) in [5, 5.41) is 0. The highest BCUT2D eigenvalue weighted by molar-refractivity contribution is 5.48. The van der Waals surface area contributed by atoms with E-state index in [-0.39, 0.29) is 5.95 Å². The summed E-state index contributed by atoms with van der Waals surface area (Å²) in [6, 6.07) is 0. The lowest BCUT2D eigenvalue weighted by molar-refractivity contribution is -0.137. The molecule has 0 radical (unpaired) electrons. The number of anilines is 2. The number of piperazine rings is 1. The monoisotopic (exact) mass is 276 g/mol. The molecule has 1 aromatic heterocycles. The van der Waals surface area contributed by atoms with Crippen LogP contribution in [0.4, 0.5) is 24.9 Å². The van der Waals surface area contributed by atoms with Crippen LogP contribution in [0.2, 0.25) is 0 Å². The third-order valence-electron chi connectivity index (χ3n) is 3.00. The standard InChI is InChI=1S/C10H15F3N6/c1-18-2-4-19(5-3-18)9-15-6-7(10(11,12)13)8(16-9)17-14/h6H,2-5,14H2,1H3,(H,15,16,17). The number of likely N-dealkylation sites (N-methyl/N-ethyl adjacent to an activating group) is 1. The summed E-state index contributed by atoms with van der Waals surface area (Å²) in [7, 11) is 1.98. The molecule has 1 aliphatic rings. The van der Waals surface area contributed by atoms with Gasteiger partial charge in [-0.25, -0.2) is 10.8 Å². The summed E-state index contributed by atoms with van der Waals surface area (Å²) in [6.07, 6.45) is -3.77. The van der Waals surface area contributed by atoms with Crippen molar-refractivity contribution in [2.24, 2.45) is 5.84 Å². The van der Waals surface area contributed by atoms with Crippen LogP contribution >= 0.6 is 0 Å². The highest BCUT2D eigenvalue weighted by Gasteiger charge is 2.35. The topological polar surface area (TPSA) is 70.3 Å². The van der Waals surface area contributed by atoms with Gasteiger partial charge >= 0.3 is 6.18 Å². The molecule has 2 rings (SSSR count). The molecule has 0 amide bonds. The van der Waals surface area contributed by atoms with E-state index in [0.717, 1.165) is 19.3 Å². The molecule has 9 heteroatoms. The highest BCUT2D eigenvalue weighted by Crippen LogP contribution is 2.33. The average Bonchev–Trinajstić information content (AvgIpc) is 2.38. The van der Waals surface area contributed by atoms with E-state index in [1.54, 1.807) is 0 Å². The molecule has 3 N–H and O–H groups in total. The van der Waals surface area contributed by atoms with Crippen molar-refractivity contribution in [3.8, 4) is 0 Å². The normalized spacial score (nSPS) is 17.6. The molecule has 0 saturated carbocycles. The molecule has 2 heterocycles. The van der Waals surface area contributed by atoms with Crippen molar-refractivity contribution in [3.63, 3.8) is 0 Å². The lowest BCUT2D eigenvalue weighted by atomic mass is 10.3. The number of hydrogen-bond donors (Lipinski definition) is 2. The van der Waals surface area contributed by atoms with E-state index in [1.165, 1.54) is 0 Å². The lowest BCUT2D eigenvalue weighted by Gasteiger charge is -2.32. The predicted octanol–water partition coefficient (Wildman–Crippen LogP) is 0.533. The van der Waals surface area contributed by atoms with Gasteiger partial charge in [0.15, 0.2) is 5.82 Å². The van der Waals surface area contributed by atoms with Gasteiger partial charge in [0.2, 0.25) is 5.95 Å². The van der Waals surface area contributed by atoms with Crippen LogP contribution in [-0.4, -0.2) is 48.1 Å². The Bertz CT molecular complexity index is 441. The molecule has 19 heavy (non-hydrogen) atoms. The maximum Gasteiger partial charge on any atom is 0.421 e. The van der Waals surface area contributed by atoms with Gasteiger partial charge in [0.1, 0.15) is 5.56 Å². The van der Waals surface area contributed by atoms with Crippen molar-refractivity contribution in [1.82, 2.24) is 14.9 Å². The minimum absolute atomic E-state index is 0.258. The quantitative estimate of drug-likeness (QED) is 0.606. The maximum absolute atomic E-state index is 12.7. The smallest absolute Gasteiger partial charge is 0.338 e. The summed E-state index contributed by atoms with van der Waals surface area (Å²) in [6.45, 7) is 2.98. The van der Waals surface area contributed by atoms with Gasteiger partial charge in [0, 0.05) is 32.4 Å². The van der Waals surface area contributed by atoms with Crippen molar-refractivity contribution in [3.05, 3.63) is 11.8 Å². The zero-order valence-corrected chi connectivity index (χ0v) is 10.4. The molecule has 106 valence electrons. The summed E-state index contributed by atoms with van der Waals surface area (Å²) >= 11 is 0. The van der Waals surface area contributed by atoms with Crippen molar-refractivity contribution < 1.29 is 13.2 Å². The second-order valence-corrected chi connectivity index (χ2v) is 4.36.